The highest BCUT2D eigenvalue weighted by molar-refractivity contribution is 6.17. The lowest BCUT2D eigenvalue weighted by molar-refractivity contribution is -0.133. The van der Waals surface area contributed by atoms with E-state index in [4.69, 9.17) is 0 Å². The first-order valence-electron chi connectivity index (χ1n) is 11.8. The molecule has 1 fully saturated rings. The lowest BCUT2D eigenvalue weighted by Gasteiger charge is -2.33. The van der Waals surface area contributed by atoms with E-state index in [9.17, 15) is 14.4 Å². The summed E-state index contributed by atoms with van der Waals surface area (Å²) >= 11 is 0. The molecule has 0 unspecified atom stereocenters. The molecule has 9 nitrogen and oxygen atoms in total. The standard InChI is InChI=1S/C25H32N6O3/c1-3-30(18-17-29-15-13-28(2)14-16-29)22(32)10-11-23(33)31-21-9-5-4-7-19(21)25(34)27-20-8-6-12-26-24(20)31/h4-9,12H,3,10-11,13-18H2,1-2H3,(H,27,34). The predicted molar refractivity (Wildman–Crippen MR) is 131 cm³/mol. The molecule has 0 aliphatic carbocycles. The normalized spacial score (nSPS) is 16.3. The lowest BCUT2D eigenvalue weighted by atomic mass is 10.1. The van der Waals surface area contributed by atoms with Gasteiger partial charge in [0.1, 0.15) is 0 Å². The second-order valence-electron chi connectivity index (χ2n) is 8.69. The van der Waals surface area contributed by atoms with Gasteiger partial charge in [0.15, 0.2) is 5.82 Å². The van der Waals surface area contributed by atoms with Gasteiger partial charge in [-0.1, -0.05) is 12.1 Å². The van der Waals surface area contributed by atoms with Crippen molar-refractivity contribution in [2.75, 3.05) is 63.1 Å². The van der Waals surface area contributed by atoms with Crippen molar-refractivity contribution in [3.8, 4) is 0 Å². The summed E-state index contributed by atoms with van der Waals surface area (Å²) in [6, 6.07) is 10.4. The fraction of sp³-hybridized carbons (Fsp3) is 0.440. The molecule has 2 aromatic rings. The molecule has 3 heterocycles. The number of hydrogen-bond acceptors (Lipinski definition) is 6. The molecular formula is C25H32N6O3. The van der Waals surface area contributed by atoms with Gasteiger partial charge in [0.05, 0.1) is 16.9 Å². The maximum Gasteiger partial charge on any atom is 0.257 e. The van der Waals surface area contributed by atoms with Crippen LogP contribution in [0.5, 0.6) is 0 Å². The van der Waals surface area contributed by atoms with Crippen LogP contribution in [0.25, 0.3) is 0 Å². The summed E-state index contributed by atoms with van der Waals surface area (Å²) < 4.78 is 0. The van der Waals surface area contributed by atoms with Crippen LogP contribution in [0.2, 0.25) is 0 Å². The predicted octanol–water partition coefficient (Wildman–Crippen LogP) is 2.19. The van der Waals surface area contributed by atoms with Crippen molar-refractivity contribution in [1.82, 2.24) is 19.7 Å². The Bertz CT molecular complexity index is 1050. The topological polar surface area (TPSA) is 89.1 Å². The van der Waals surface area contributed by atoms with Crippen molar-refractivity contribution in [2.45, 2.75) is 19.8 Å². The van der Waals surface area contributed by atoms with Gasteiger partial charge < -0.3 is 15.1 Å². The number of likely N-dealkylation sites (N-methyl/N-ethyl adjacent to an activating group) is 2. The maximum absolute atomic E-state index is 13.4. The number of benzene rings is 1. The molecule has 1 N–H and O–H groups in total. The van der Waals surface area contributed by atoms with Crippen LogP contribution in [0.15, 0.2) is 42.6 Å². The van der Waals surface area contributed by atoms with Gasteiger partial charge in [-0.3, -0.25) is 24.2 Å². The molecule has 2 aliphatic heterocycles. The van der Waals surface area contributed by atoms with Crippen LogP contribution in [-0.4, -0.2) is 90.3 Å². The van der Waals surface area contributed by atoms with Crippen LogP contribution in [0.3, 0.4) is 0 Å². The second kappa shape index (κ2) is 10.8. The molecule has 34 heavy (non-hydrogen) atoms. The summed E-state index contributed by atoms with van der Waals surface area (Å²) in [6.45, 7) is 8.16. The van der Waals surface area contributed by atoms with Gasteiger partial charge in [-0.15, -0.1) is 0 Å². The summed E-state index contributed by atoms with van der Waals surface area (Å²) in [4.78, 5) is 51.4. The zero-order valence-corrected chi connectivity index (χ0v) is 19.9. The summed E-state index contributed by atoms with van der Waals surface area (Å²) in [7, 11) is 2.12. The van der Waals surface area contributed by atoms with E-state index in [1.807, 2.05) is 11.8 Å². The van der Waals surface area contributed by atoms with Crippen LogP contribution in [0.4, 0.5) is 17.2 Å². The van der Waals surface area contributed by atoms with Crippen molar-refractivity contribution < 1.29 is 14.4 Å². The van der Waals surface area contributed by atoms with Crippen molar-refractivity contribution in [1.29, 1.82) is 0 Å². The van der Waals surface area contributed by atoms with Gasteiger partial charge in [0.25, 0.3) is 5.91 Å². The molecule has 1 saturated heterocycles. The molecule has 0 spiro atoms. The van der Waals surface area contributed by atoms with Gasteiger partial charge in [-0.25, -0.2) is 4.98 Å². The number of rotatable bonds is 7. The van der Waals surface area contributed by atoms with Crippen LogP contribution in [0.1, 0.15) is 30.1 Å². The first-order valence-corrected chi connectivity index (χ1v) is 11.8. The number of aromatic nitrogens is 1. The van der Waals surface area contributed by atoms with Crippen LogP contribution in [0, 0.1) is 0 Å². The van der Waals surface area contributed by atoms with Gasteiger partial charge >= 0.3 is 0 Å². The second-order valence-corrected chi connectivity index (χ2v) is 8.69. The Kier molecular flexibility index (Phi) is 7.54. The van der Waals surface area contributed by atoms with Crippen molar-refractivity contribution in [2.24, 2.45) is 0 Å². The van der Waals surface area contributed by atoms with E-state index < -0.39 is 0 Å². The SMILES string of the molecule is CCN(CCN1CCN(C)CC1)C(=O)CCC(=O)N1c2ccccc2C(=O)Nc2cccnc21. The van der Waals surface area contributed by atoms with Gasteiger partial charge in [0.2, 0.25) is 11.8 Å². The van der Waals surface area contributed by atoms with E-state index in [0.29, 0.717) is 35.8 Å². The molecule has 3 amide bonds. The minimum Gasteiger partial charge on any atom is -0.342 e. The molecule has 0 atom stereocenters. The Morgan fingerprint density at radius 1 is 1.06 bits per heavy atom. The monoisotopic (exact) mass is 464 g/mol. The minimum absolute atomic E-state index is 0.0301. The summed E-state index contributed by atoms with van der Waals surface area (Å²) in [5, 5.41) is 2.83. The maximum atomic E-state index is 13.4. The Morgan fingerprint density at radius 3 is 2.59 bits per heavy atom. The zero-order chi connectivity index (χ0) is 24.1. The summed E-state index contributed by atoms with van der Waals surface area (Å²) in [5.41, 5.74) is 1.32. The van der Waals surface area contributed by atoms with Crippen molar-refractivity contribution in [3.63, 3.8) is 0 Å². The zero-order valence-electron chi connectivity index (χ0n) is 19.9. The molecule has 0 bridgehead atoms. The third kappa shape index (κ3) is 5.26. The Labute approximate surface area is 200 Å². The molecule has 2 aliphatic rings. The first-order chi connectivity index (χ1) is 16.5. The van der Waals surface area contributed by atoms with Gasteiger partial charge in [-0.2, -0.15) is 0 Å². The highest BCUT2D eigenvalue weighted by Crippen LogP contribution is 2.36. The molecule has 4 rings (SSSR count). The number of nitrogens with one attached hydrogen (secondary N) is 1. The third-order valence-electron chi connectivity index (χ3n) is 6.45. The van der Waals surface area contributed by atoms with E-state index in [-0.39, 0.29) is 30.6 Å². The molecule has 0 saturated carbocycles. The van der Waals surface area contributed by atoms with Crippen LogP contribution in [-0.2, 0) is 9.59 Å². The molecule has 9 heteroatoms. The highest BCUT2D eigenvalue weighted by atomic mass is 16.2. The number of piperazine rings is 1. The minimum atomic E-state index is -0.294. The smallest absolute Gasteiger partial charge is 0.257 e. The lowest BCUT2D eigenvalue weighted by Crippen LogP contribution is -2.47. The number of carbonyl (C=O) groups is 3. The molecule has 1 aromatic carbocycles. The van der Waals surface area contributed by atoms with E-state index in [1.165, 1.54) is 4.90 Å². The number of carbonyl (C=O) groups excluding carboxylic acids is 3. The third-order valence-corrected chi connectivity index (χ3v) is 6.45. The van der Waals surface area contributed by atoms with E-state index in [1.54, 1.807) is 42.6 Å². The average molecular weight is 465 g/mol. The quantitative estimate of drug-likeness (QED) is 0.676. The highest BCUT2D eigenvalue weighted by Gasteiger charge is 2.30. The first kappa shape index (κ1) is 23.8. The number of para-hydroxylation sites is 1. The fourth-order valence-electron chi connectivity index (χ4n) is 4.37. The van der Waals surface area contributed by atoms with Gasteiger partial charge in [-0.05, 0) is 38.2 Å². The number of amides is 3. The van der Waals surface area contributed by atoms with E-state index in [0.717, 1.165) is 32.7 Å². The number of nitrogens with zero attached hydrogens (tertiary/aromatic N) is 5. The number of fused-ring (bicyclic) bond motifs is 2. The van der Waals surface area contributed by atoms with Crippen molar-refractivity contribution >= 4 is 34.9 Å². The molecular weight excluding hydrogens is 432 g/mol. The van der Waals surface area contributed by atoms with Gasteiger partial charge in [0, 0.05) is 64.9 Å². The van der Waals surface area contributed by atoms with Crippen LogP contribution < -0.4 is 10.2 Å². The Morgan fingerprint density at radius 2 is 1.82 bits per heavy atom. The fourth-order valence-corrected chi connectivity index (χ4v) is 4.37. The summed E-state index contributed by atoms with van der Waals surface area (Å²) in [6.07, 6.45) is 1.72. The van der Waals surface area contributed by atoms with E-state index >= 15 is 0 Å². The number of pyridine rings is 1. The molecule has 180 valence electrons. The molecule has 1 aromatic heterocycles. The molecule has 0 radical (unpaired) electrons. The number of hydrogen-bond donors (Lipinski definition) is 1. The Balaban J connectivity index is 1.43. The van der Waals surface area contributed by atoms with Crippen LogP contribution >= 0.6 is 0 Å². The summed E-state index contributed by atoms with van der Waals surface area (Å²) in [5.74, 6) is -0.242. The van der Waals surface area contributed by atoms with Crippen molar-refractivity contribution in [3.05, 3.63) is 48.2 Å². The van der Waals surface area contributed by atoms with E-state index in [2.05, 4.69) is 27.1 Å². The average Bonchev–Trinajstić information content (AvgIpc) is 2.98. The Hall–Kier alpha value is -3.30. The largest absolute Gasteiger partial charge is 0.342 e. The number of anilines is 3.